The summed E-state index contributed by atoms with van der Waals surface area (Å²) in [5.74, 6) is 0. The molecule has 0 aromatic carbocycles. The first-order valence-electron chi connectivity index (χ1n) is 4.15. The monoisotopic (exact) mass is 232 g/mol. The van der Waals surface area contributed by atoms with Crippen molar-refractivity contribution < 1.29 is 20.7 Å². The molecule has 0 spiro atoms. The molecule has 0 saturated heterocycles. The van der Waals surface area contributed by atoms with E-state index in [2.05, 4.69) is 0 Å². The second-order valence-corrected chi connectivity index (χ2v) is 1.92. The number of hydrogen-bond acceptors (Lipinski definition) is 0. The Kier molecular flexibility index (Phi) is 6.62. The number of hydrogen-bond donors (Lipinski definition) is 0. The van der Waals surface area contributed by atoms with Gasteiger partial charge in [0.2, 0.25) is 0 Å². The Balaban J connectivity index is 0.000000174. The van der Waals surface area contributed by atoms with E-state index in [1.807, 2.05) is 64.2 Å². The predicted octanol–water partition coefficient (Wildman–Crippen LogP) is 1.50. The van der Waals surface area contributed by atoms with Crippen LogP contribution in [0.1, 0.15) is 0 Å². The summed E-state index contributed by atoms with van der Waals surface area (Å²) in [5, 5.41) is 0. The van der Waals surface area contributed by atoms with Crippen LogP contribution in [-0.4, -0.2) is 1.50 Å². The standard InChI is InChI=1S/2C5H5.Mo.2H/c2*1-2-4-5-3-1;;;/h2*1-5H;;;/i;;;2*1+1. The van der Waals surface area contributed by atoms with Gasteiger partial charge in [0.1, 0.15) is 0 Å². The third-order valence-electron chi connectivity index (χ3n) is 1.11. The van der Waals surface area contributed by atoms with Gasteiger partial charge in [-0.1, -0.05) is 0 Å². The summed E-state index contributed by atoms with van der Waals surface area (Å²) < 4.78 is 12.0. The first-order valence-corrected chi connectivity index (χ1v) is 3.33. The van der Waals surface area contributed by atoms with Crippen LogP contribution in [-0.2, 0) is 20.7 Å². The SMILES string of the molecule is [2H][Mo][2H].[CH]1[CH][CH][CH][CH]1.[CH]1[CH][CH][CH][CH]1. The summed E-state index contributed by atoms with van der Waals surface area (Å²) in [5.41, 5.74) is 0. The molecule has 0 bridgehead atoms. The van der Waals surface area contributed by atoms with E-state index in [1.165, 1.54) is 0 Å². The molecular weight excluding hydrogens is 216 g/mol. The fraction of sp³-hybridized carbons (Fsp3) is 0. The van der Waals surface area contributed by atoms with Crippen LogP contribution in [0.15, 0.2) is 0 Å². The van der Waals surface area contributed by atoms with Crippen LogP contribution >= 0.6 is 0 Å². The average Bonchev–Trinajstić information content (AvgIpc) is 2.85. The molecule has 0 unspecified atom stereocenters. The zero-order chi connectivity index (χ0) is 9.78. The van der Waals surface area contributed by atoms with E-state index >= 15 is 0 Å². The second-order valence-electron chi connectivity index (χ2n) is 1.92. The molecule has 0 heterocycles. The van der Waals surface area contributed by atoms with Crippen LogP contribution in [0.25, 0.3) is 0 Å². The van der Waals surface area contributed by atoms with Crippen LogP contribution in [0.5, 0.6) is 0 Å². The topological polar surface area (TPSA) is 0 Å². The molecule has 11 heavy (non-hydrogen) atoms. The maximum absolute atomic E-state index is 6.00. The van der Waals surface area contributed by atoms with E-state index in [-0.39, 0.29) is 0 Å². The van der Waals surface area contributed by atoms with Crippen LogP contribution in [0.2, 0.25) is 0 Å². The molecule has 0 nitrogen and oxygen atoms in total. The molecule has 58 valence electrons. The Morgan fingerprint density at radius 2 is 0.636 bits per heavy atom. The molecule has 2 rings (SSSR count). The number of rotatable bonds is 0. The fourth-order valence-corrected chi connectivity index (χ4v) is 0.642. The van der Waals surface area contributed by atoms with Gasteiger partial charge in [-0.05, 0) is 64.2 Å². The van der Waals surface area contributed by atoms with Gasteiger partial charge in [-0.2, -0.15) is 0 Å². The molecule has 0 atom stereocenters. The van der Waals surface area contributed by atoms with Gasteiger partial charge in [-0.25, -0.2) is 0 Å². The Morgan fingerprint density at radius 1 is 0.545 bits per heavy atom. The minimum atomic E-state index is -1.03. The van der Waals surface area contributed by atoms with Crippen LogP contribution in [0.4, 0.5) is 0 Å². The molecule has 0 N–H and O–H groups in total. The van der Waals surface area contributed by atoms with Crippen molar-refractivity contribution in [2.45, 2.75) is 0 Å². The van der Waals surface area contributed by atoms with Crippen molar-refractivity contribution in [3.63, 3.8) is 0 Å². The van der Waals surface area contributed by atoms with Crippen molar-refractivity contribution in [3.8, 4) is 0 Å². The van der Waals surface area contributed by atoms with E-state index in [4.69, 9.17) is 1.50 Å². The van der Waals surface area contributed by atoms with Crippen molar-refractivity contribution in [1.82, 2.24) is 0 Å². The van der Waals surface area contributed by atoms with Crippen LogP contribution < -0.4 is 0 Å². The minimum Gasteiger partial charge on any atom is -0.0312 e. The molecule has 2 fully saturated rings. The Hall–Kier alpha value is 0.688. The molecular formula is C10H12Mo. The van der Waals surface area contributed by atoms with Gasteiger partial charge in [0, 0.05) is 0 Å². The van der Waals surface area contributed by atoms with Gasteiger partial charge >= 0.3 is 22.2 Å². The summed E-state index contributed by atoms with van der Waals surface area (Å²) in [4.78, 5) is 0. The minimum absolute atomic E-state index is 1.03. The average molecular weight is 230 g/mol. The summed E-state index contributed by atoms with van der Waals surface area (Å²) in [7, 11) is 0. The summed E-state index contributed by atoms with van der Waals surface area (Å²) in [6, 6.07) is 0. The maximum Gasteiger partial charge on any atom is -0.0312 e. The molecule has 0 aromatic heterocycles. The molecule has 10 radical (unpaired) electrons. The molecule has 1 heteroatoms. The van der Waals surface area contributed by atoms with Gasteiger partial charge < -0.3 is 0 Å². The largest absolute Gasteiger partial charge is 0.0312 e. The molecule has 0 amide bonds. The van der Waals surface area contributed by atoms with Gasteiger partial charge in [-0.15, -0.1) is 0 Å². The molecule has 2 saturated carbocycles. The van der Waals surface area contributed by atoms with Crippen molar-refractivity contribution >= 4 is 0 Å². The zero-order valence-electron chi connectivity index (χ0n) is 8.18. The van der Waals surface area contributed by atoms with Crippen molar-refractivity contribution in [1.29, 1.82) is 1.50 Å². The van der Waals surface area contributed by atoms with Crippen molar-refractivity contribution in [2.24, 2.45) is 0 Å². The first-order chi connectivity index (χ1) is 6.41. The van der Waals surface area contributed by atoms with E-state index in [1.54, 1.807) is 0 Å². The quantitative estimate of drug-likeness (QED) is 0.553. The summed E-state index contributed by atoms with van der Waals surface area (Å²) in [6.07, 6.45) is 20.0. The summed E-state index contributed by atoms with van der Waals surface area (Å²) in [6.45, 7) is 0. The third-order valence-corrected chi connectivity index (χ3v) is 1.11. The van der Waals surface area contributed by atoms with E-state index in [0.29, 0.717) is 0 Å². The normalized spacial score (nSPS) is 23.6. The first kappa shape index (κ1) is 8.29. The second kappa shape index (κ2) is 8.78. The van der Waals surface area contributed by atoms with E-state index < -0.39 is 20.7 Å². The van der Waals surface area contributed by atoms with Gasteiger partial charge in [0.15, 0.2) is 0 Å². The predicted molar refractivity (Wildman–Crippen MR) is 45.8 cm³/mol. The van der Waals surface area contributed by atoms with Gasteiger partial charge in [-0.3, -0.25) is 0 Å². The Bertz CT molecular complexity index is 55.8. The van der Waals surface area contributed by atoms with Crippen LogP contribution in [0, 0.1) is 64.2 Å². The van der Waals surface area contributed by atoms with Crippen molar-refractivity contribution in [3.05, 3.63) is 64.2 Å². The zero-order valence-corrected chi connectivity index (χ0v) is 8.19. The Labute approximate surface area is 86.7 Å². The molecule has 0 aromatic rings. The third kappa shape index (κ3) is 7.06. The van der Waals surface area contributed by atoms with Crippen molar-refractivity contribution in [2.75, 3.05) is 0 Å². The Morgan fingerprint density at radius 3 is 0.727 bits per heavy atom. The fourth-order valence-electron chi connectivity index (χ4n) is 0.642. The maximum atomic E-state index is 6.00. The van der Waals surface area contributed by atoms with Gasteiger partial charge in [0.25, 0.3) is 0 Å². The van der Waals surface area contributed by atoms with E-state index in [0.717, 1.165) is 0 Å². The molecule has 2 aliphatic carbocycles. The smallest absolute Gasteiger partial charge is 0.0312 e. The summed E-state index contributed by atoms with van der Waals surface area (Å²) >= 11 is -1.03. The van der Waals surface area contributed by atoms with Gasteiger partial charge in [0.05, 0.1) is 0 Å². The van der Waals surface area contributed by atoms with Crippen LogP contribution in [0.3, 0.4) is 0 Å². The van der Waals surface area contributed by atoms with E-state index in [9.17, 15) is 0 Å². The molecule has 2 aliphatic rings. The molecule has 0 aliphatic heterocycles.